The van der Waals surface area contributed by atoms with Crippen molar-refractivity contribution in [2.24, 2.45) is 0 Å². The Kier molecular flexibility index (Phi) is 7.49. The Hall–Kier alpha value is -2.96. The lowest BCUT2D eigenvalue weighted by Gasteiger charge is -2.37. The summed E-state index contributed by atoms with van der Waals surface area (Å²) in [7, 11) is 0. The Bertz CT molecular complexity index is 1200. The zero-order chi connectivity index (χ0) is 24.2. The van der Waals surface area contributed by atoms with Gasteiger partial charge in [-0.1, -0.05) is 47.1 Å². The molecule has 4 rings (SSSR count). The van der Waals surface area contributed by atoms with E-state index in [1.807, 2.05) is 42.2 Å². The molecule has 0 bridgehead atoms. The fraction of sp³-hybridized carbons (Fsp3) is 0.259. The summed E-state index contributed by atoms with van der Waals surface area (Å²) in [5.41, 5.74) is 4.70. The van der Waals surface area contributed by atoms with Gasteiger partial charge in [0, 0.05) is 59.2 Å². The number of benzene rings is 3. The number of halogens is 1. The zero-order valence-corrected chi connectivity index (χ0v) is 21.2. The Morgan fingerprint density at radius 2 is 1.62 bits per heavy atom. The third kappa shape index (κ3) is 5.75. The molecule has 0 spiro atoms. The summed E-state index contributed by atoms with van der Waals surface area (Å²) >= 11 is 7.76. The summed E-state index contributed by atoms with van der Waals surface area (Å²) in [6.45, 7) is 8.34. The predicted molar refractivity (Wildman–Crippen MR) is 140 cm³/mol. The lowest BCUT2D eigenvalue weighted by atomic mass is 10.1. The van der Waals surface area contributed by atoms with E-state index in [1.165, 1.54) is 18.1 Å². The third-order valence-corrected chi connectivity index (χ3v) is 7.18. The number of carbonyl (C=O) groups is 2. The van der Waals surface area contributed by atoms with Crippen molar-refractivity contribution >= 4 is 46.6 Å². The second-order valence-electron chi connectivity index (χ2n) is 8.52. The van der Waals surface area contributed by atoms with Crippen molar-refractivity contribution in [3.8, 4) is 0 Å². The Morgan fingerprint density at radius 1 is 0.912 bits per heavy atom. The number of piperazine rings is 1. The van der Waals surface area contributed by atoms with Gasteiger partial charge in [0.15, 0.2) is 0 Å². The highest BCUT2D eigenvalue weighted by Gasteiger charge is 2.24. The number of carbonyl (C=O) groups excluding carboxylic acids is 2. The molecule has 7 heteroatoms. The van der Waals surface area contributed by atoms with Crippen LogP contribution in [-0.2, 0) is 4.79 Å². The molecular weight excluding hydrogens is 466 g/mol. The van der Waals surface area contributed by atoms with E-state index in [2.05, 4.69) is 41.4 Å². The van der Waals surface area contributed by atoms with Gasteiger partial charge in [-0.2, -0.15) is 0 Å². The van der Waals surface area contributed by atoms with Crippen molar-refractivity contribution in [3.05, 3.63) is 82.4 Å². The molecule has 0 radical (unpaired) electrons. The average molecular weight is 494 g/mol. The molecule has 0 atom stereocenters. The first kappa shape index (κ1) is 24.2. The minimum absolute atomic E-state index is 0.0269. The van der Waals surface area contributed by atoms with Crippen LogP contribution in [0.4, 0.5) is 11.4 Å². The van der Waals surface area contributed by atoms with Crippen LogP contribution in [-0.4, -0.2) is 42.9 Å². The van der Waals surface area contributed by atoms with E-state index in [1.54, 1.807) is 17.8 Å². The standard InChI is InChI=1S/C27H28ClN3O2S/c1-18-4-9-23(10-5-18)34-26-11-7-21(16-24(26)29-20(3)32)27(33)31-14-12-30(13-15-31)25-17-22(28)8-6-19(25)2/h4-11,16-17H,12-15H2,1-3H3,(H,29,32). The number of nitrogens with one attached hydrogen (secondary N) is 1. The van der Waals surface area contributed by atoms with E-state index < -0.39 is 0 Å². The highest BCUT2D eigenvalue weighted by Crippen LogP contribution is 2.35. The first-order valence-corrected chi connectivity index (χ1v) is 12.5. The van der Waals surface area contributed by atoms with Gasteiger partial charge in [-0.3, -0.25) is 9.59 Å². The van der Waals surface area contributed by atoms with E-state index in [4.69, 9.17) is 11.6 Å². The Labute approximate surface area is 210 Å². The molecule has 0 unspecified atom stereocenters. The van der Waals surface area contributed by atoms with E-state index in [0.717, 1.165) is 28.6 Å². The molecule has 0 saturated carbocycles. The number of hydrogen-bond donors (Lipinski definition) is 1. The third-order valence-electron chi connectivity index (χ3n) is 5.86. The molecule has 3 aromatic carbocycles. The lowest BCUT2D eigenvalue weighted by Crippen LogP contribution is -2.49. The van der Waals surface area contributed by atoms with Gasteiger partial charge in [0.1, 0.15) is 0 Å². The summed E-state index contributed by atoms with van der Waals surface area (Å²) in [6, 6.07) is 19.7. The molecule has 1 saturated heterocycles. The van der Waals surface area contributed by atoms with Gasteiger partial charge in [0.2, 0.25) is 5.91 Å². The number of nitrogens with zero attached hydrogens (tertiary/aromatic N) is 2. The minimum atomic E-state index is -0.166. The number of hydrogen-bond acceptors (Lipinski definition) is 4. The van der Waals surface area contributed by atoms with Crippen LogP contribution in [0.1, 0.15) is 28.4 Å². The number of anilines is 2. The fourth-order valence-electron chi connectivity index (χ4n) is 4.03. The number of amides is 2. The van der Waals surface area contributed by atoms with Gasteiger partial charge in [-0.25, -0.2) is 0 Å². The summed E-state index contributed by atoms with van der Waals surface area (Å²) in [5, 5.41) is 3.61. The van der Waals surface area contributed by atoms with Crippen LogP contribution in [0.3, 0.4) is 0 Å². The number of rotatable bonds is 5. The maximum atomic E-state index is 13.3. The molecule has 2 amide bonds. The zero-order valence-electron chi connectivity index (χ0n) is 19.6. The van der Waals surface area contributed by atoms with Gasteiger partial charge < -0.3 is 15.1 Å². The topological polar surface area (TPSA) is 52.7 Å². The first-order chi connectivity index (χ1) is 16.3. The van der Waals surface area contributed by atoms with Gasteiger partial charge in [-0.15, -0.1) is 0 Å². The Morgan fingerprint density at radius 3 is 2.29 bits per heavy atom. The first-order valence-electron chi connectivity index (χ1n) is 11.3. The molecule has 34 heavy (non-hydrogen) atoms. The minimum Gasteiger partial charge on any atom is -0.368 e. The van der Waals surface area contributed by atoms with Crippen LogP contribution >= 0.6 is 23.4 Å². The van der Waals surface area contributed by atoms with Crippen LogP contribution in [0.2, 0.25) is 5.02 Å². The molecule has 1 N–H and O–H groups in total. The molecule has 3 aromatic rings. The monoisotopic (exact) mass is 493 g/mol. The van der Waals surface area contributed by atoms with Crippen LogP contribution in [0.25, 0.3) is 0 Å². The predicted octanol–water partition coefficient (Wildman–Crippen LogP) is 6.03. The molecular formula is C27H28ClN3O2S. The SMILES string of the molecule is CC(=O)Nc1cc(C(=O)N2CCN(c3cc(Cl)ccc3C)CC2)ccc1Sc1ccc(C)cc1. The van der Waals surface area contributed by atoms with Crippen molar-refractivity contribution in [2.45, 2.75) is 30.6 Å². The average Bonchev–Trinajstić information content (AvgIpc) is 2.82. The van der Waals surface area contributed by atoms with Gasteiger partial charge in [0.25, 0.3) is 5.91 Å². The molecule has 1 aliphatic heterocycles. The quantitative estimate of drug-likeness (QED) is 0.471. The molecule has 1 fully saturated rings. The van der Waals surface area contributed by atoms with Gasteiger partial charge in [0.05, 0.1) is 5.69 Å². The van der Waals surface area contributed by atoms with Crippen molar-refractivity contribution in [2.75, 3.05) is 36.4 Å². The smallest absolute Gasteiger partial charge is 0.254 e. The lowest BCUT2D eigenvalue weighted by molar-refractivity contribution is -0.114. The van der Waals surface area contributed by atoms with E-state index in [-0.39, 0.29) is 11.8 Å². The van der Waals surface area contributed by atoms with Crippen LogP contribution in [0.5, 0.6) is 0 Å². The summed E-state index contributed by atoms with van der Waals surface area (Å²) in [5.74, 6) is -0.193. The largest absolute Gasteiger partial charge is 0.368 e. The van der Waals surface area contributed by atoms with Crippen LogP contribution in [0.15, 0.2) is 70.5 Å². The van der Waals surface area contributed by atoms with Crippen molar-refractivity contribution in [3.63, 3.8) is 0 Å². The molecule has 1 aliphatic rings. The molecule has 1 heterocycles. The van der Waals surface area contributed by atoms with Crippen LogP contribution in [0, 0.1) is 13.8 Å². The molecule has 0 aliphatic carbocycles. The normalized spacial score (nSPS) is 13.6. The highest BCUT2D eigenvalue weighted by atomic mass is 35.5. The molecule has 0 aromatic heterocycles. The summed E-state index contributed by atoms with van der Waals surface area (Å²) < 4.78 is 0. The number of aryl methyl sites for hydroxylation is 2. The van der Waals surface area contributed by atoms with Gasteiger partial charge in [-0.05, 0) is 61.9 Å². The Balaban J connectivity index is 1.49. The second-order valence-corrected chi connectivity index (χ2v) is 10.1. The maximum Gasteiger partial charge on any atom is 0.254 e. The van der Waals surface area contributed by atoms with Crippen molar-refractivity contribution in [1.82, 2.24) is 4.90 Å². The van der Waals surface area contributed by atoms with E-state index in [0.29, 0.717) is 29.4 Å². The van der Waals surface area contributed by atoms with Crippen molar-refractivity contribution in [1.29, 1.82) is 0 Å². The van der Waals surface area contributed by atoms with Gasteiger partial charge >= 0.3 is 0 Å². The van der Waals surface area contributed by atoms with E-state index in [9.17, 15) is 9.59 Å². The highest BCUT2D eigenvalue weighted by molar-refractivity contribution is 7.99. The molecule has 5 nitrogen and oxygen atoms in total. The van der Waals surface area contributed by atoms with Crippen molar-refractivity contribution < 1.29 is 9.59 Å². The fourth-order valence-corrected chi connectivity index (χ4v) is 5.08. The summed E-state index contributed by atoms with van der Waals surface area (Å²) in [6.07, 6.45) is 0. The maximum absolute atomic E-state index is 13.3. The molecule has 176 valence electrons. The van der Waals surface area contributed by atoms with E-state index >= 15 is 0 Å². The summed E-state index contributed by atoms with van der Waals surface area (Å²) in [4.78, 5) is 31.2. The second kappa shape index (κ2) is 10.5. The van der Waals surface area contributed by atoms with Crippen LogP contribution < -0.4 is 10.2 Å².